The summed E-state index contributed by atoms with van der Waals surface area (Å²) in [5, 5.41) is 17.7. The van der Waals surface area contributed by atoms with Crippen LogP contribution in [0.15, 0.2) is 84.9 Å². The quantitative estimate of drug-likeness (QED) is 0.162. The average molecular weight is 649 g/mol. The Balaban J connectivity index is 1.54. The molecule has 8 nitrogen and oxygen atoms in total. The third-order valence-corrected chi connectivity index (χ3v) is 9.18. The Morgan fingerprint density at radius 3 is 2.00 bits per heavy atom. The molecule has 0 aliphatic heterocycles. The summed E-state index contributed by atoms with van der Waals surface area (Å²) < 4.78 is 11.8. The van der Waals surface area contributed by atoms with Crippen LogP contribution < -0.4 is 20.1 Å². The van der Waals surface area contributed by atoms with Crippen molar-refractivity contribution in [1.29, 1.82) is 0 Å². The van der Waals surface area contributed by atoms with Crippen LogP contribution >= 0.6 is 0 Å². The number of benzene rings is 4. The van der Waals surface area contributed by atoms with Gasteiger partial charge in [-0.25, -0.2) is 0 Å². The van der Waals surface area contributed by atoms with Crippen molar-refractivity contribution in [3.8, 4) is 11.5 Å². The lowest BCUT2D eigenvalue weighted by molar-refractivity contribution is -0.150. The second kappa shape index (κ2) is 14.4. The van der Waals surface area contributed by atoms with E-state index in [0.717, 1.165) is 27.8 Å². The van der Waals surface area contributed by atoms with E-state index in [1.165, 1.54) is 14.0 Å². The predicted molar refractivity (Wildman–Crippen MR) is 188 cm³/mol. The molecule has 0 aromatic heterocycles. The van der Waals surface area contributed by atoms with E-state index >= 15 is 0 Å². The molecule has 0 radical (unpaired) electrons. The third-order valence-electron chi connectivity index (χ3n) is 9.18. The number of anilines is 2. The van der Waals surface area contributed by atoms with Gasteiger partial charge in [-0.2, -0.15) is 0 Å². The highest BCUT2D eigenvalue weighted by molar-refractivity contribution is 6.10. The summed E-state index contributed by atoms with van der Waals surface area (Å²) >= 11 is 0. The maximum atomic E-state index is 14.3. The molecule has 48 heavy (non-hydrogen) atoms. The lowest BCUT2D eigenvalue weighted by Crippen LogP contribution is -2.56. The Labute approximate surface area is 282 Å². The highest BCUT2D eigenvalue weighted by Crippen LogP contribution is 2.48. The highest BCUT2D eigenvalue weighted by atomic mass is 16.5. The van der Waals surface area contributed by atoms with E-state index in [1.54, 1.807) is 24.3 Å². The second-order valence-corrected chi connectivity index (χ2v) is 13.1. The summed E-state index contributed by atoms with van der Waals surface area (Å²) in [5.41, 5.74) is 4.82. The largest absolute Gasteiger partial charge is 0.493 e. The van der Waals surface area contributed by atoms with Crippen molar-refractivity contribution in [2.45, 2.75) is 59.0 Å². The molecule has 4 aromatic rings. The molecule has 250 valence electrons. The molecule has 0 heterocycles. The smallest absolute Gasteiger partial charge is 0.235 e. The molecule has 5 rings (SSSR count). The fourth-order valence-electron chi connectivity index (χ4n) is 6.75. The number of methoxy groups -OCH3 is 1. The van der Waals surface area contributed by atoms with E-state index in [0.29, 0.717) is 41.5 Å². The minimum atomic E-state index is -1.75. The van der Waals surface area contributed by atoms with Crippen molar-refractivity contribution in [2.24, 2.45) is 11.8 Å². The SMILES string of the molecule is COc1cc(C2C(C(=O)Nc3ccc(C)cc3C)C(=O)CC(C)(O)C2C(=O)Nc2ccc(C)cc2C)ccc1OCCc1ccccc1. The monoisotopic (exact) mass is 648 g/mol. The Hall–Kier alpha value is -4.95. The molecule has 0 saturated heterocycles. The first-order chi connectivity index (χ1) is 22.9. The molecule has 1 saturated carbocycles. The van der Waals surface area contributed by atoms with Gasteiger partial charge in [-0.3, -0.25) is 14.4 Å². The molecular weight excluding hydrogens is 604 g/mol. The van der Waals surface area contributed by atoms with Crippen LogP contribution in [0.1, 0.15) is 52.6 Å². The summed E-state index contributed by atoms with van der Waals surface area (Å²) in [6.45, 7) is 9.59. The van der Waals surface area contributed by atoms with Crippen LogP contribution in [0.5, 0.6) is 11.5 Å². The van der Waals surface area contributed by atoms with Crippen LogP contribution in [0.25, 0.3) is 0 Å². The van der Waals surface area contributed by atoms with Gasteiger partial charge < -0.3 is 25.2 Å². The van der Waals surface area contributed by atoms with Gasteiger partial charge in [0.1, 0.15) is 11.7 Å². The summed E-state index contributed by atoms with van der Waals surface area (Å²) in [7, 11) is 1.51. The zero-order valence-electron chi connectivity index (χ0n) is 28.4. The van der Waals surface area contributed by atoms with Crippen LogP contribution in [0.4, 0.5) is 11.4 Å². The van der Waals surface area contributed by atoms with Gasteiger partial charge in [-0.05, 0) is 81.1 Å². The van der Waals surface area contributed by atoms with Crippen molar-refractivity contribution in [3.63, 3.8) is 0 Å². The normalized spacial score (nSPS) is 20.6. The number of amides is 2. The number of carbonyl (C=O) groups excluding carboxylic acids is 3. The Bertz CT molecular complexity index is 1820. The molecule has 1 fully saturated rings. The molecular formula is C40H44N2O6. The minimum Gasteiger partial charge on any atom is -0.493 e. The first-order valence-electron chi connectivity index (χ1n) is 16.2. The topological polar surface area (TPSA) is 114 Å². The highest BCUT2D eigenvalue weighted by Gasteiger charge is 2.56. The van der Waals surface area contributed by atoms with Crippen LogP contribution in [-0.4, -0.2) is 42.0 Å². The van der Waals surface area contributed by atoms with E-state index in [-0.39, 0.29) is 6.42 Å². The average Bonchev–Trinajstić information content (AvgIpc) is 3.03. The number of ketones is 1. The van der Waals surface area contributed by atoms with Gasteiger partial charge in [-0.15, -0.1) is 0 Å². The fraction of sp³-hybridized carbons (Fsp3) is 0.325. The number of Topliss-reactive ketones (excluding diaryl/α,β-unsaturated/α-hetero) is 1. The first-order valence-corrected chi connectivity index (χ1v) is 16.2. The molecule has 4 unspecified atom stereocenters. The van der Waals surface area contributed by atoms with Gasteiger partial charge in [0, 0.05) is 30.1 Å². The Morgan fingerprint density at radius 2 is 1.42 bits per heavy atom. The second-order valence-electron chi connectivity index (χ2n) is 13.1. The maximum Gasteiger partial charge on any atom is 0.235 e. The van der Waals surface area contributed by atoms with Crippen molar-refractivity contribution < 1.29 is 29.0 Å². The third kappa shape index (κ3) is 7.60. The fourth-order valence-corrected chi connectivity index (χ4v) is 6.75. The summed E-state index contributed by atoms with van der Waals surface area (Å²) in [6, 6.07) is 26.4. The number of ether oxygens (including phenoxy) is 2. The lowest BCUT2D eigenvalue weighted by Gasteiger charge is -2.44. The number of aryl methyl sites for hydroxylation is 4. The van der Waals surface area contributed by atoms with Crippen molar-refractivity contribution in [1.82, 2.24) is 0 Å². The minimum absolute atomic E-state index is 0.364. The number of aliphatic hydroxyl groups is 1. The van der Waals surface area contributed by atoms with E-state index in [1.807, 2.05) is 88.4 Å². The lowest BCUT2D eigenvalue weighted by atomic mass is 9.61. The van der Waals surface area contributed by atoms with Crippen LogP contribution in [0.3, 0.4) is 0 Å². The molecule has 0 spiro atoms. The zero-order valence-corrected chi connectivity index (χ0v) is 28.4. The molecule has 1 aliphatic carbocycles. The summed E-state index contributed by atoms with van der Waals surface area (Å²) in [5.74, 6) is -4.07. The number of rotatable bonds is 10. The van der Waals surface area contributed by atoms with Crippen molar-refractivity contribution in [2.75, 3.05) is 24.4 Å². The van der Waals surface area contributed by atoms with Crippen LogP contribution in [0.2, 0.25) is 0 Å². The first kappa shape index (κ1) is 34.4. The molecule has 3 N–H and O–H groups in total. The predicted octanol–water partition coefficient (Wildman–Crippen LogP) is 6.87. The number of hydrogen-bond donors (Lipinski definition) is 3. The summed E-state index contributed by atoms with van der Waals surface area (Å²) in [6.07, 6.45) is 0.324. The van der Waals surface area contributed by atoms with Crippen molar-refractivity contribution in [3.05, 3.63) is 118 Å². The summed E-state index contributed by atoms with van der Waals surface area (Å²) in [4.78, 5) is 42.3. The van der Waals surface area contributed by atoms with E-state index in [9.17, 15) is 19.5 Å². The zero-order chi connectivity index (χ0) is 34.6. The van der Waals surface area contributed by atoms with Crippen LogP contribution in [0, 0.1) is 39.5 Å². The van der Waals surface area contributed by atoms with Crippen molar-refractivity contribution >= 4 is 29.0 Å². The maximum absolute atomic E-state index is 14.3. The van der Waals surface area contributed by atoms with Gasteiger partial charge >= 0.3 is 0 Å². The van der Waals surface area contributed by atoms with E-state index in [4.69, 9.17) is 9.47 Å². The standard InChI is InChI=1S/C40H44N2O6/c1-24-12-15-30(26(3)20-24)41-38(44)36-32(43)23-40(5,46)37(39(45)42-31-16-13-25(2)21-27(31)4)35(36)29-14-17-33(34(22-29)47-6)48-19-18-28-10-8-7-9-11-28/h7-17,20-22,35-37,46H,18-19,23H2,1-6H3,(H,41,44)(H,42,45). The number of hydrogen-bond acceptors (Lipinski definition) is 6. The molecule has 2 amide bonds. The van der Waals surface area contributed by atoms with Gasteiger partial charge in [0.15, 0.2) is 11.5 Å². The van der Waals surface area contributed by atoms with Gasteiger partial charge in [0.25, 0.3) is 0 Å². The van der Waals surface area contributed by atoms with Crippen LogP contribution in [-0.2, 0) is 20.8 Å². The number of nitrogens with one attached hydrogen (secondary N) is 2. The molecule has 8 heteroatoms. The van der Waals surface area contributed by atoms with Gasteiger partial charge in [0.05, 0.1) is 25.2 Å². The molecule has 4 atom stereocenters. The molecule has 0 bridgehead atoms. The van der Waals surface area contributed by atoms with E-state index in [2.05, 4.69) is 10.6 Å². The number of carbonyl (C=O) groups is 3. The van der Waals surface area contributed by atoms with E-state index < -0.39 is 41.0 Å². The van der Waals surface area contributed by atoms with Gasteiger partial charge in [-0.1, -0.05) is 71.8 Å². The molecule has 4 aromatic carbocycles. The Morgan fingerprint density at radius 1 is 0.812 bits per heavy atom. The Kier molecular flexibility index (Phi) is 10.3. The van der Waals surface area contributed by atoms with Gasteiger partial charge in [0.2, 0.25) is 11.8 Å². The molecule has 1 aliphatic rings.